The van der Waals surface area contributed by atoms with Gasteiger partial charge in [0.1, 0.15) is 11.6 Å². The molecule has 2 unspecified atom stereocenters. The first-order valence-electron chi connectivity index (χ1n) is 14.2. The largest absolute Gasteiger partial charge is 0.396 e. The average Bonchev–Trinajstić information content (AvgIpc) is 3.50. The van der Waals surface area contributed by atoms with E-state index in [4.69, 9.17) is 21.4 Å². The number of nitrogens with zero attached hydrogens (tertiary/aromatic N) is 1. The molecule has 0 saturated carbocycles. The predicted molar refractivity (Wildman–Crippen MR) is 153 cm³/mol. The molecule has 5 rings (SSSR count). The highest BCUT2D eigenvalue weighted by molar-refractivity contribution is 6.34. The van der Waals surface area contributed by atoms with Gasteiger partial charge in [-0.05, 0) is 56.7 Å². The van der Waals surface area contributed by atoms with E-state index < -0.39 is 29.1 Å². The topological polar surface area (TPSA) is 108 Å². The zero-order valence-electron chi connectivity index (χ0n) is 23.1. The fraction of sp³-hybridized carbons (Fsp3) is 0.516. The van der Waals surface area contributed by atoms with Crippen LogP contribution in [0.5, 0.6) is 0 Å². The fourth-order valence-electron chi connectivity index (χ4n) is 6.99. The minimum absolute atomic E-state index is 0.127. The Hall–Kier alpha value is -2.94. The number of hydrogen-bond acceptors (Lipinski definition) is 5. The van der Waals surface area contributed by atoms with Crippen molar-refractivity contribution in [2.45, 2.75) is 76.2 Å². The van der Waals surface area contributed by atoms with E-state index in [0.29, 0.717) is 49.5 Å². The number of para-hydroxylation sites is 1. The number of benzene rings is 2. The lowest BCUT2D eigenvalue weighted by Crippen LogP contribution is -2.53. The molecule has 3 saturated heterocycles. The molecule has 40 heavy (non-hydrogen) atoms. The van der Waals surface area contributed by atoms with Crippen LogP contribution < -0.4 is 10.6 Å². The molecular weight excluding hydrogens is 530 g/mol. The van der Waals surface area contributed by atoms with Crippen molar-refractivity contribution in [2.75, 3.05) is 18.5 Å². The predicted octanol–water partition coefficient (Wildman–Crippen LogP) is 4.22. The molecule has 3 heterocycles. The Morgan fingerprint density at radius 2 is 1.80 bits per heavy atom. The maximum atomic E-state index is 14.1. The number of rotatable bonds is 11. The van der Waals surface area contributed by atoms with Gasteiger partial charge in [0, 0.05) is 19.7 Å². The second-order valence-corrected chi connectivity index (χ2v) is 11.9. The molecule has 3 aliphatic heterocycles. The molecule has 8 nitrogen and oxygen atoms in total. The Morgan fingerprint density at radius 3 is 2.52 bits per heavy atom. The van der Waals surface area contributed by atoms with E-state index >= 15 is 0 Å². The zero-order valence-corrected chi connectivity index (χ0v) is 23.9. The number of ether oxygens (including phenoxy) is 1. The summed E-state index contributed by atoms with van der Waals surface area (Å²) < 4.78 is 6.68. The van der Waals surface area contributed by atoms with Crippen LogP contribution in [0.2, 0.25) is 5.02 Å². The summed E-state index contributed by atoms with van der Waals surface area (Å²) in [5.41, 5.74) is 0.365. The summed E-state index contributed by atoms with van der Waals surface area (Å²) in [4.78, 5) is 43.5. The summed E-state index contributed by atoms with van der Waals surface area (Å²) in [6.07, 6.45) is 4.14. The number of fused-ring (bicyclic) bond motifs is 1. The standard InChI is InChI=1S/C31H38ClN3O5/c1-20-11-10-14-22(32)25(20)34-28(38)26-31-16-15-30(2,40-31)23(27(37)33-19-21-12-6-5-7-13-21)24(31)29(39)35(26)17-8-3-4-9-18-36/h5-7,10-14,23-24,26,36H,3-4,8-9,15-19H2,1-2H3,(H,33,37)(H,34,38)/t23-,24-,26?,30+,31?/m0/s1. The summed E-state index contributed by atoms with van der Waals surface area (Å²) in [7, 11) is 0. The number of nitrogens with one attached hydrogen (secondary N) is 2. The van der Waals surface area contributed by atoms with Crippen molar-refractivity contribution < 1.29 is 24.2 Å². The SMILES string of the molecule is Cc1cccc(Cl)c1NC(=O)C1N(CCCCCCO)C(=O)[C@@H]2[C@@H](C(=O)NCc3ccccc3)[C@@]3(C)CCC12O3. The Bertz CT molecular complexity index is 1250. The normalized spacial score (nSPS) is 28.6. The number of carbonyl (C=O) groups excluding carboxylic acids is 3. The van der Waals surface area contributed by atoms with Crippen molar-refractivity contribution in [3.8, 4) is 0 Å². The van der Waals surface area contributed by atoms with Gasteiger partial charge in [0.2, 0.25) is 17.7 Å². The number of aliphatic hydroxyl groups is 1. The minimum atomic E-state index is -1.09. The lowest BCUT2D eigenvalue weighted by molar-refractivity contribution is -0.144. The number of carbonyl (C=O) groups is 3. The maximum absolute atomic E-state index is 14.1. The number of likely N-dealkylation sites (tertiary alicyclic amines) is 1. The van der Waals surface area contributed by atoms with E-state index in [0.717, 1.165) is 24.0 Å². The van der Waals surface area contributed by atoms with Crippen molar-refractivity contribution >= 4 is 35.0 Å². The van der Waals surface area contributed by atoms with Crippen LogP contribution in [0, 0.1) is 18.8 Å². The molecule has 9 heteroatoms. The van der Waals surface area contributed by atoms with Crippen molar-refractivity contribution in [2.24, 2.45) is 11.8 Å². The average molecular weight is 568 g/mol. The second kappa shape index (κ2) is 11.5. The van der Waals surface area contributed by atoms with Crippen LogP contribution >= 0.6 is 11.6 Å². The molecule has 3 aliphatic rings. The van der Waals surface area contributed by atoms with E-state index in [9.17, 15) is 14.4 Å². The van der Waals surface area contributed by atoms with E-state index in [1.165, 1.54) is 0 Å². The van der Waals surface area contributed by atoms with Crippen molar-refractivity contribution in [1.82, 2.24) is 10.2 Å². The number of aliphatic hydroxyl groups excluding tert-OH is 1. The summed E-state index contributed by atoms with van der Waals surface area (Å²) in [5, 5.41) is 15.6. The van der Waals surface area contributed by atoms with Crippen LogP contribution in [0.4, 0.5) is 5.69 Å². The first-order chi connectivity index (χ1) is 19.2. The van der Waals surface area contributed by atoms with Crippen molar-refractivity contribution in [1.29, 1.82) is 0 Å². The van der Waals surface area contributed by atoms with Gasteiger partial charge in [-0.2, -0.15) is 0 Å². The highest BCUT2D eigenvalue weighted by Crippen LogP contribution is 2.63. The maximum Gasteiger partial charge on any atom is 0.250 e. The molecule has 3 N–H and O–H groups in total. The first kappa shape index (κ1) is 28.6. The Balaban J connectivity index is 1.44. The van der Waals surface area contributed by atoms with E-state index in [2.05, 4.69) is 10.6 Å². The van der Waals surface area contributed by atoms with Crippen LogP contribution in [-0.4, -0.2) is 58.1 Å². The Kier molecular flexibility index (Phi) is 8.22. The van der Waals surface area contributed by atoms with Gasteiger partial charge in [-0.3, -0.25) is 14.4 Å². The van der Waals surface area contributed by atoms with Gasteiger partial charge in [0.05, 0.1) is 28.1 Å². The summed E-state index contributed by atoms with van der Waals surface area (Å²) >= 11 is 6.44. The van der Waals surface area contributed by atoms with E-state index in [-0.39, 0.29) is 24.3 Å². The fourth-order valence-corrected chi connectivity index (χ4v) is 7.26. The number of unbranched alkanes of at least 4 members (excludes halogenated alkanes) is 3. The molecule has 2 aromatic carbocycles. The number of halogens is 1. The van der Waals surface area contributed by atoms with Crippen LogP contribution in [0.1, 0.15) is 56.6 Å². The molecule has 5 atom stereocenters. The van der Waals surface area contributed by atoms with Gasteiger partial charge in [-0.1, -0.05) is 66.9 Å². The van der Waals surface area contributed by atoms with Gasteiger partial charge in [0.25, 0.3) is 0 Å². The molecule has 3 amide bonds. The lowest BCUT2D eigenvalue weighted by Gasteiger charge is -2.33. The highest BCUT2D eigenvalue weighted by Gasteiger charge is 2.77. The van der Waals surface area contributed by atoms with Crippen LogP contribution in [-0.2, 0) is 25.7 Å². The van der Waals surface area contributed by atoms with Gasteiger partial charge < -0.3 is 25.4 Å². The highest BCUT2D eigenvalue weighted by atomic mass is 35.5. The first-order valence-corrected chi connectivity index (χ1v) is 14.6. The summed E-state index contributed by atoms with van der Waals surface area (Å²) in [5.74, 6) is -2.23. The molecule has 3 fully saturated rings. The number of hydrogen-bond donors (Lipinski definition) is 3. The zero-order chi connectivity index (χ0) is 28.5. The van der Waals surface area contributed by atoms with Gasteiger partial charge in [-0.15, -0.1) is 0 Å². The number of anilines is 1. The lowest BCUT2D eigenvalue weighted by atomic mass is 9.66. The third kappa shape index (κ3) is 5.01. The van der Waals surface area contributed by atoms with Crippen LogP contribution in [0.15, 0.2) is 48.5 Å². The van der Waals surface area contributed by atoms with Crippen LogP contribution in [0.3, 0.4) is 0 Å². The van der Waals surface area contributed by atoms with Gasteiger partial charge in [-0.25, -0.2) is 0 Å². The third-order valence-corrected chi connectivity index (χ3v) is 9.21. The molecule has 0 aliphatic carbocycles. The summed E-state index contributed by atoms with van der Waals surface area (Å²) in [6.45, 7) is 4.62. The minimum Gasteiger partial charge on any atom is -0.396 e. The quantitative estimate of drug-likeness (QED) is 0.352. The van der Waals surface area contributed by atoms with Crippen molar-refractivity contribution in [3.63, 3.8) is 0 Å². The molecule has 0 radical (unpaired) electrons. The van der Waals surface area contributed by atoms with Crippen LogP contribution in [0.25, 0.3) is 0 Å². The smallest absolute Gasteiger partial charge is 0.250 e. The molecule has 214 valence electrons. The molecule has 2 bridgehead atoms. The Morgan fingerprint density at radius 1 is 1.05 bits per heavy atom. The number of aryl methyl sites for hydroxylation is 1. The molecule has 0 aromatic heterocycles. The molecule has 1 spiro atoms. The van der Waals surface area contributed by atoms with E-state index in [1.807, 2.05) is 56.3 Å². The number of amides is 3. The van der Waals surface area contributed by atoms with E-state index in [1.54, 1.807) is 11.0 Å². The van der Waals surface area contributed by atoms with Gasteiger partial charge >= 0.3 is 0 Å². The molecular formula is C31H38ClN3O5. The van der Waals surface area contributed by atoms with Gasteiger partial charge in [0.15, 0.2) is 0 Å². The summed E-state index contributed by atoms with van der Waals surface area (Å²) in [6, 6.07) is 14.2. The van der Waals surface area contributed by atoms with Crippen molar-refractivity contribution in [3.05, 3.63) is 64.7 Å². The third-order valence-electron chi connectivity index (χ3n) is 8.89. The molecule has 2 aromatic rings. The monoisotopic (exact) mass is 567 g/mol. The Labute approximate surface area is 240 Å². The second-order valence-electron chi connectivity index (χ2n) is 11.5.